The van der Waals surface area contributed by atoms with Crippen LogP contribution in [-0.2, 0) is 0 Å². The maximum absolute atomic E-state index is 14.6. The molecule has 0 spiro atoms. The van der Waals surface area contributed by atoms with E-state index in [2.05, 4.69) is 0 Å². The van der Waals surface area contributed by atoms with Crippen molar-refractivity contribution in [1.82, 2.24) is 4.73 Å². The van der Waals surface area contributed by atoms with Gasteiger partial charge in [0.2, 0.25) is 11.2 Å². The molecule has 1 aliphatic rings. The van der Waals surface area contributed by atoms with E-state index in [1.54, 1.807) is 0 Å². The Morgan fingerprint density at radius 2 is 1.83 bits per heavy atom. The first-order valence-corrected chi connectivity index (χ1v) is 7.76. The number of hydrogen-bond donors (Lipinski definition) is 3. The monoisotopic (exact) mass is 336 g/mol. The molecule has 0 bridgehead atoms. The number of amides is 1. The average molecular weight is 336 g/mol. The van der Waals surface area contributed by atoms with Crippen LogP contribution in [0.25, 0.3) is 11.0 Å². The summed E-state index contributed by atoms with van der Waals surface area (Å²) in [5.41, 5.74) is 10.2. The van der Waals surface area contributed by atoms with Crippen molar-refractivity contribution in [3.63, 3.8) is 0 Å². The number of nitrogens with zero attached hydrogens (tertiary/aromatic N) is 3. The first kappa shape index (κ1) is 16.0. The molecule has 3 rings (SSSR count). The number of anilines is 2. The third-order valence-electron chi connectivity index (χ3n) is 4.34. The third kappa shape index (κ3) is 2.51. The first-order chi connectivity index (χ1) is 11.4. The lowest BCUT2D eigenvalue weighted by Crippen LogP contribution is -2.32. The van der Waals surface area contributed by atoms with Gasteiger partial charge >= 0.3 is 5.82 Å². The number of halogens is 1. The van der Waals surface area contributed by atoms with Crippen LogP contribution >= 0.6 is 0 Å². The van der Waals surface area contributed by atoms with Crippen LogP contribution < -0.4 is 20.8 Å². The van der Waals surface area contributed by atoms with Crippen molar-refractivity contribution in [3.05, 3.63) is 28.6 Å². The minimum absolute atomic E-state index is 0.0411. The van der Waals surface area contributed by atoms with Gasteiger partial charge in [0, 0.05) is 29.6 Å². The summed E-state index contributed by atoms with van der Waals surface area (Å²) in [5, 5.41) is 10.1. The number of nitrogen functional groups attached to an aromatic ring is 1. The lowest BCUT2D eigenvalue weighted by molar-refractivity contribution is -0.448. The molecule has 1 saturated heterocycles. The van der Waals surface area contributed by atoms with Crippen molar-refractivity contribution in [2.24, 2.45) is 5.73 Å². The Balaban J connectivity index is 2.24. The molecular weight excluding hydrogens is 317 g/mol. The van der Waals surface area contributed by atoms with Gasteiger partial charge < -0.3 is 15.8 Å². The SMILES string of the molecule is NC(=O)c1c(N)[n+](=O)c2cc(N3CCCCCC3)c(F)cc2n1O. The topological polar surface area (TPSA) is 120 Å². The average Bonchev–Trinajstić information content (AvgIpc) is 2.81. The number of carbonyl (C=O) groups is 1. The second-order valence-electron chi connectivity index (χ2n) is 5.90. The van der Waals surface area contributed by atoms with Gasteiger partial charge in [-0.2, -0.15) is 4.73 Å². The molecule has 128 valence electrons. The van der Waals surface area contributed by atoms with E-state index >= 15 is 0 Å². The number of carbonyl (C=O) groups excluding carboxylic acids is 1. The maximum atomic E-state index is 14.6. The zero-order valence-electron chi connectivity index (χ0n) is 13.0. The summed E-state index contributed by atoms with van der Waals surface area (Å²) in [6.07, 6.45) is 4.05. The van der Waals surface area contributed by atoms with Gasteiger partial charge in [-0.25, -0.2) is 4.39 Å². The Morgan fingerprint density at radius 3 is 2.42 bits per heavy atom. The number of hydrogen-bond acceptors (Lipinski definition) is 5. The molecule has 8 nitrogen and oxygen atoms in total. The Labute approximate surface area is 136 Å². The van der Waals surface area contributed by atoms with Crippen molar-refractivity contribution in [2.45, 2.75) is 25.7 Å². The van der Waals surface area contributed by atoms with Gasteiger partial charge in [-0.15, -0.1) is 0 Å². The highest BCUT2D eigenvalue weighted by Gasteiger charge is 2.26. The molecule has 1 aromatic carbocycles. The fraction of sp³-hybridized carbons (Fsp3) is 0.400. The van der Waals surface area contributed by atoms with E-state index in [9.17, 15) is 19.3 Å². The molecule has 0 aliphatic carbocycles. The summed E-state index contributed by atoms with van der Waals surface area (Å²) in [6.45, 7) is 1.38. The van der Waals surface area contributed by atoms with Gasteiger partial charge in [-0.3, -0.25) is 10.5 Å². The maximum Gasteiger partial charge on any atom is 0.351 e. The third-order valence-corrected chi connectivity index (χ3v) is 4.34. The van der Waals surface area contributed by atoms with Gasteiger partial charge in [-0.1, -0.05) is 17.7 Å². The fourth-order valence-corrected chi connectivity index (χ4v) is 3.11. The summed E-state index contributed by atoms with van der Waals surface area (Å²) < 4.78 is 15.2. The van der Waals surface area contributed by atoms with Crippen molar-refractivity contribution < 1.29 is 18.8 Å². The fourth-order valence-electron chi connectivity index (χ4n) is 3.11. The van der Waals surface area contributed by atoms with Crippen LogP contribution in [0.15, 0.2) is 12.1 Å². The normalized spacial score (nSPS) is 15.5. The molecule has 0 saturated carbocycles. The van der Waals surface area contributed by atoms with Crippen molar-refractivity contribution in [3.8, 4) is 0 Å². The molecule has 1 amide bonds. The number of nitrogens with two attached hydrogens (primary N) is 2. The van der Waals surface area contributed by atoms with Gasteiger partial charge in [0.25, 0.3) is 5.91 Å². The Kier molecular flexibility index (Phi) is 4.00. The lowest BCUT2D eigenvalue weighted by Gasteiger charge is -2.23. The number of aromatic nitrogens is 2. The summed E-state index contributed by atoms with van der Waals surface area (Å²) in [7, 11) is 0. The largest absolute Gasteiger partial charge is 0.427 e. The van der Waals surface area contributed by atoms with Gasteiger partial charge in [0.15, 0.2) is 0 Å². The summed E-state index contributed by atoms with van der Waals surface area (Å²) in [6, 6.07) is 2.35. The number of primary amides is 1. The molecule has 2 heterocycles. The molecule has 9 heteroatoms. The minimum Gasteiger partial charge on any atom is -0.427 e. The molecular formula is C15H19FN5O3+. The van der Waals surface area contributed by atoms with Gasteiger partial charge in [-0.05, 0) is 12.8 Å². The standard InChI is InChI=1S/C15H18FN5O3/c16-9-7-11-12(8-10(9)19-5-3-1-2-4-6-19)21(24)14(17)13(15(18)22)20(11)23/h7-8,23H,1-6H2,(H3-,17,18,22)/p+1. The van der Waals surface area contributed by atoms with E-state index in [4.69, 9.17) is 11.5 Å². The number of rotatable bonds is 2. The van der Waals surface area contributed by atoms with Gasteiger partial charge in [0.1, 0.15) is 11.3 Å². The van der Waals surface area contributed by atoms with E-state index in [0.29, 0.717) is 17.8 Å². The Bertz CT molecular complexity index is 872. The Morgan fingerprint density at radius 1 is 1.21 bits per heavy atom. The van der Waals surface area contributed by atoms with Gasteiger partial charge in [0.05, 0.1) is 5.69 Å². The second kappa shape index (κ2) is 5.99. The molecule has 5 N–H and O–H groups in total. The van der Waals surface area contributed by atoms with Crippen molar-refractivity contribution >= 4 is 28.4 Å². The molecule has 2 aromatic rings. The van der Waals surface area contributed by atoms with Crippen LogP contribution in [0, 0.1) is 10.7 Å². The predicted octanol–water partition coefficient (Wildman–Crippen LogP) is 0.994. The van der Waals surface area contributed by atoms with E-state index in [1.165, 1.54) is 6.07 Å². The van der Waals surface area contributed by atoms with Crippen molar-refractivity contribution in [2.75, 3.05) is 23.7 Å². The molecule has 1 aliphatic heterocycles. The molecule has 24 heavy (non-hydrogen) atoms. The molecule has 0 unspecified atom stereocenters. The zero-order chi connectivity index (χ0) is 17.4. The lowest BCUT2D eigenvalue weighted by atomic mass is 10.2. The van der Waals surface area contributed by atoms with Crippen LogP contribution in [-0.4, -0.2) is 28.9 Å². The minimum atomic E-state index is -1.08. The molecule has 1 fully saturated rings. The summed E-state index contributed by atoms with van der Waals surface area (Å²) >= 11 is 0. The summed E-state index contributed by atoms with van der Waals surface area (Å²) in [5.74, 6) is -2.21. The van der Waals surface area contributed by atoms with E-state index in [0.717, 1.165) is 31.7 Å². The van der Waals surface area contributed by atoms with E-state index in [-0.39, 0.29) is 21.1 Å². The van der Waals surface area contributed by atoms with Crippen molar-refractivity contribution in [1.29, 1.82) is 0 Å². The quantitative estimate of drug-likeness (QED) is 0.558. The first-order valence-electron chi connectivity index (χ1n) is 7.76. The van der Waals surface area contributed by atoms with Crippen LogP contribution in [0.5, 0.6) is 0 Å². The predicted molar refractivity (Wildman–Crippen MR) is 86.1 cm³/mol. The second-order valence-corrected chi connectivity index (χ2v) is 5.90. The highest BCUT2D eigenvalue weighted by molar-refractivity contribution is 5.96. The molecule has 1 aromatic heterocycles. The summed E-state index contributed by atoms with van der Waals surface area (Å²) in [4.78, 5) is 25.6. The highest BCUT2D eigenvalue weighted by atomic mass is 19.1. The number of fused-ring (bicyclic) bond motifs is 1. The van der Waals surface area contributed by atoms with Crippen LogP contribution in [0.1, 0.15) is 36.2 Å². The molecule has 0 atom stereocenters. The van der Waals surface area contributed by atoms with E-state index < -0.39 is 23.2 Å². The zero-order valence-corrected chi connectivity index (χ0v) is 13.0. The number of benzene rings is 1. The Hall–Kier alpha value is -2.84. The van der Waals surface area contributed by atoms with Crippen LogP contribution in [0.4, 0.5) is 15.9 Å². The molecule has 0 radical (unpaired) electrons. The highest BCUT2D eigenvalue weighted by Crippen LogP contribution is 2.27. The van der Waals surface area contributed by atoms with Crippen LogP contribution in [0.3, 0.4) is 0 Å². The van der Waals surface area contributed by atoms with E-state index in [1.807, 2.05) is 4.90 Å². The van der Waals surface area contributed by atoms with Crippen LogP contribution in [0.2, 0.25) is 0 Å². The smallest absolute Gasteiger partial charge is 0.351 e.